The molecule has 6 heteroatoms. The minimum atomic E-state index is -0.0458. The molecule has 6 nitrogen and oxygen atoms in total. The fraction of sp³-hybridized carbons (Fsp3) is 0.467. The van der Waals surface area contributed by atoms with E-state index in [-0.39, 0.29) is 17.2 Å². The van der Waals surface area contributed by atoms with Crippen molar-refractivity contribution in [2.24, 2.45) is 11.3 Å². The second kappa shape index (κ2) is 11.0. The molecule has 2 aromatic rings. The molecule has 1 atom stereocenters. The van der Waals surface area contributed by atoms with Crippen molar-refractivity contribution in [3.8, 4) is 0 Å². The predicted octanol–water partition coefficient (Wildman–Crippen LogP) is 4.10. The fourth-order valence-corrected chi connectivity index (χ4v) is 5.83. The molecule has 1 spiro atoms. The number of rotatable bonds is 7. The molecule has 0 bridgehead atoms. The first-order valence-electron chi connectivity index (χ1n) is 13.3. The predicted molar refractivity (Wildman–Crippen MR) is 144 cm³/mol. The lowest BCUT2D eigenvalue weighted by atomic mass is 9.90. The molecule has 3 fully saturated rings. The highest BCUT2D eigenvalue weighted by molar-refractivity contribution is 5.88. The number of likely N-dealkylation sites (tertiary alicyclic amines) is 1. The third-order valence-electron chi connectivity index (χ3n) is 8.18. The van der Waals surface area contributed by atoms with Gasteiger partial charge in [0.15, 0.2) is 0 Å². The van der Waals surface area contributed by atoms with Crippen molar-refractivity contribution in [3.63, 3.8) is 0 Å². The monoisotopic (exact) mass is 486 g/mol. The van der Waals surface area contributed by atoms with Crippen LogP contribution in [0.4, 0.5) is 5.69 Å². The summed E-state index contributed by atoms with van der Waals surface area (Å²) in [6.07, 6.45) is 7.73. The Bertz CT molecular complexity index is 1070. The van der Waals surface area contributed by atoms with Gasteiger partial charge in [-0.3, -0.25) is 19.4 Å². The van der Waals surface area contributed by atoms with Crippen molar-refractivity contribution < 1.29 is 9.59 Å². The SMILES string of the molecule is CC(=O)Nc1ccc(CN2CCC3(CC2)C[C@H]3C(=O)N2CCN(C/C=C/c3ccccc3)CC2)cc1. The average molecular weight is 487 g/mol. The summed E-state index contributed by atoms with van der Waals surface area (Å²) in [5.74, 6) is 0.591. The van der Waals surface area contributed by atoms with Crippen molar-refractivity contribution in [1.82, 2.24) is 14.7 Å². The zero-order valence-electron chi connectivity index (χ0n) is 21.4. The van der Waals surface area contributed by atoms with E-state index in [4.69, 9.17) is 0 Å². The molecule has 2 heterocycles. The first-order chi connectivity index (χ1) is 17.5. The van der Waals surface area contributed by atoms with E-state index in [0.717, 1.165) is 77.3 Å². The maximum Gasteiger partial charge on any atom is 0.226 e. The maximum absolute atomic E-state index is 13.3. The highest BCUT2D eigenvalue weighted by Gasteiger charge is 2.59. The van der Waals surface area contributed by atoms with Crippen molar-refractivity contribution in [2.45, 2.75) is 32.7 Å². The zero-order valence-corrected chi connectivity index (χ0v) is 21.4. The summed E-state index contributed by atoms with van der Waals surface area (Å²) in [5.41, 5.74) is 3.59. The first kappa shape index (κ1) is 24.7. The largest absolute Gasteiger partial charge is 0.340 e. The van der Waals surface area contributed by atoms with Crippen LogP contribution in [0, 0.1) is 11.3 Å². The van der Waals surface area contributed by atoms with E-state index in [1.165, 1.54) is 18.1 Å². The van der Waals surface area contributed by atoms with Gasteiger partial charge < -0.3 is 10.2 Å². The van der Waals surface area contributed by atoms with Crippen LogP contribution in [0.15, 0.2) is 60.7 Å². The molecule has 190 valence electrons. The van der Waals surface area contributed by atoms with Gasteiger partial charge in [0.2, 0.25) is 11.8 Å². The average Bonchev–Trinajstić information content (AvgIpc) is 3.60. The normalized spacial score (nSPS) is 22.1. The van der Waals surface area contributed by atoms with Crippen LogP contribution < -0.4 is 5.32 Å². The summed E-state index contributed by atoms with van der Waals surface area (Å²) in [6.45, 7) is 9.12. The number of carbonyl (C=O) groups is 2. The standard InChI is InChI=1S/C30H38N4O2/c1-24(35)31-27-11-9-26(10-12-27)23-33-16-13-30(14-17-33)22-28(30)29(36)34-20-18-32(19-21-34)15-5-8-25-6-3-2-4-7-25/h2-12,28H,13-23H2,1H3,(H,31,35)/b8-5+/t28-/m0/s1. The minimum absolute atomic E-state index is 0.0458. The van der Waals surface area contributed by atoms with E-state index >= 15 is 0 Å². The molecule has 2 aliphatic heterocycles. The molecule has 2 saturated heterocycles. The molecular formula is C30H38N4O2. The number of carbonyl (C=O) groups excluding carboxylic acids is 2. The molecule has 2 amide bonds. The van der Waals surface area contributed by atoms with Crippen molar-refractivity contribution in [2.75, 3.05) is 51.1 Å². The van der Waals surface area contributed by atoms with Crippen LogP contribution in [0.5, 0.6) is 0 Å². The van der Waals surface area contributed by atoms with E-state index in [1.807, 2.05) is 18.2 Å². The third kappa shape index (κ3) is 6.05. The van der Waals surface area contributed by atoms with Crippen LogP contribution in [-0.4, -0.2) is 72.3 Å². The Kier molecular flexibility index (Phi) is 7.54. The Balaban J connectivity index is 1.03. The third-order valence-corrected chi connectivity index (χ3v) is 8.18. The molecule has 36 heavy (non-hydrogen) atoms. The van der Waals surface area contributed by atoms with Crippen LogP contribution in [0.2, 0.25) is 0 Å². The second-order valence-corrected chi connectivity index (χ2v) is 10.7. The Hall–Kier alpha value is -2.96. The van der Waals surface area contributed by atoms with Gasteiger partial charge in [0, 0.05) is 57.8 Å². The van der Waals surface area contributed by atoms with Crippen molar-refractivity contribution >= 4 is 23.6 Å². The van der Waals surface area contributed by atoms with Crippen LogP contribution in [0.25, 0.3) is 6.08 Å². The summed E-state index contributed by atoms with van der Waals surface area (Å²) < 4.78 is 0. The lowest BCUT2D eigenvalue weighted by Gasteiger charge is -2.36. The molecule has 1 saturated carbocycles. The Morgan fingerprint density at radius 2 is 1.61 bits per heavy atom. The fourth-order valence-electron chi connectivity index (χ4n) is 5.83. The number of nitrogens with one attached hydrogen (secondary N) is 1. The number of hydrogen-bond acceptors (Lipinski definition) is 4. The van der Waals surface area contributed by atoms with Crippen molar-refractivity contribution in [3.05, 3.63) is 71.8 Å². The van der Waals surface area contributed by atoms with E-state index in [2.05, 4.69) is 68.6 Å². The van der Waals surface area contributed by atoms with Crippen molar-refractivity contribution in [1.29, 1.82) is 0 Å². The maximum atomic E-state index is 13.3. The van der Waals surface area contributed by atoms with Gasteiger partial charge >= 0.3 is 0 Å². The van der Waals surface area contributed by atoms with Gasteiger partial charge in [0.05, 0.1) is 0 Å². The van der Waals surface area contributed by atoms with Crippen LogP contribution in [0.3, 0.4) is 0 Å². The summed E-state index contributed by atoms with van der Waals surface area (Å²) in [6, 6.07) is 18.5. The highest BCUT2D eigenvalue weighted by Crippen LogP contribution is 2.60. The van der Waals surface area contributed by atoms with Gasteiger partial charge in [-0.15, -0.1) is 0 Å². The van der Waals surface area contributed by atoms with Gasteiger partial charge in [-0.05, 0) is 61.0 Å². The van der Waals surface area contributed by atoms with Gasteiger partial charge in [-0.2, -0.15) is 0 Å². The quantitative estimate of drug-likeness (QED) is 0.640. The van der Waals surface area contributed by atoms with E-state index in [1.54, 1.807) is 0 Å². The van der Waals surface area contributed by atoms with Gasteiger partial charge in [-0.25, -0.2) is 0 Å². The molecule has 2 aromatic carbocycles. The Morgan fingerprint density at radius 3 is 2.28 bits per heavy atom. The van der Waals surface area contributed by atoms with E-state index < -0.39 is 0 Å². The van der Waals surface area contributed by atoms with E-state index in [9.17, 15) is 9.59 Å². The van der Waals surface area contributed by atoms with Crippen LogP contribution in [0.1, 0.15) is 37.3 Å². The molecule has 0 unspecified atom stereocenters. The molecule has 0 radical (unpaired) electrons. The molecular weight excluding hydrogens is 448 g/mol. The number of piperazine rings is 1. The van der Waals surface area contributed by atoms with Crippen LogP contribution >= 0.6 is 0 Å². The van der Waals surface area contributed by atoms with Crippen LogP contribution in [-0.2, 0) is 16.1 Å². The topological polar surface area (TPSA) is 55.9 Å². The van der Waals surface area contributed by atoms with Gasteiger partial charge in [0.1, 0.15) is 0 Å². The summed E-state index contributed by atoms with van der Waals surface area (Å²) in [5, 5.41) is 2.82. The molecule has 1 N–H and O–H groups in total. The number of benzene rings is 2. The highest BCUT2D eigenvalue weighted by atomic mass is 16.2. The lowest BCUT2D eigenvalue weighted by Crippen LogP contribution is -2.49. The molecule has 3 aliphatic rings. The second-order valence-electron chi connectivity index (χ2n) is 10.7. The number of hydrogen-bond donors (Lipinski definition) is 1. The van der Waals surface area contributed by atoms with E-state index in [0.29, 0.717) is 5.91 Å². The number of amides is 2. The van der Waals surface area contributed by atoms with Gasteiger partial charge in [-0.1, -0.05) is 54.6 Å². The summed E-state index contributed by atoms with van der Waals surface area (Å²) in [7, 11) is 0. The minimum Gasteiger partial charge on any atom is -0.340 e. The number of anilines is 1. The number of piperidine rings is 1. The smallest absolute Gasteiger partial charge is 0.226 e. The summed E-state index contributed by atoms with van der Waals surface area (Å²) in [4.78, 5) is 31.5. The Morgan fingerprint density at radius 1 is 0.917 bits per heavy atom. The molecule has 0 aromatic heterocycles. The number of nitrogens with zero attached hydrogens (tertiary/aromatic N) is 3. The molecule has 5 rings (SSSR count). The molecule has 1 aliphatic carbocycles. The Labute approximate surface area is 215 Å². The first-order valence-corrected chi connectivity index (χ1v) is 13.3. The lowest BCUT2D eigenvalue weighted by molar-refractivity contribution is -0.135. The van der Waals surface area contributed by atoms with Gasteiger partial charge in [0.25, 0.3) is 0 Å². The summed E-state index contributed by atoms with van der Waals surface area (Å²) >= 11 is 0. The zero-order chi connectivity index (χ0) is 25.0.